The number of aryl methyl sites for hydroxylation is 1. The van der Waals surface area contributed by atoms with E-state index in [0.717, 1.165) is 11.1 Å². The molecule has 0 saturated carbocycles. The molecule has 1 N–H and O–H groups in total. The van der Waals surface area contributed by atoms with E-state index in [2.05, 4.69) is 10.1 Å². The number of rotatable bonds is 5. The van der Waals surface area contributed by atoms with Gasteiger partial charge in [-0.3, -0.25) is 0 Å². The molecule has 2 unspecified atom stereocenters. The fourth-order valence-corrected chi connectivity index (χ4v) is 2.51. The Morgan fingerprint density at radius 3 is 2.42 bits per heavy atom. The SMILES string of the molecule is Cc1ccc(C(C)C(O)c2nc(Cc3ccc(F)cc3)no2)cc1. The van der Waals surface area contributed by atoms with Crippen molar-refractivity contribution in [3.63, 3.8) is 0 Å². The van der Waals surface area contributed by atoms with Crippen LogP contribution in [0.25, 0.3) is 0 Å². The Labute approximate surface area is 140 Å². The third kappa shape index (κ3) is 3.68. The average Bonchev–Trinajstić information content (AvgIpc) is 3.05. The number of aliphatic hydroxyl groups is 1. The van der Waals surface area contributed by atoms with Crippen LogP contribution in [0.4, 0.5) is 4.39 Å². The predicted molar refractivity (Wildman–Crippen MR) is 88.1 cm³/mol. The van der Waals surface area contributed by atoms with Gasteiger partial charge in [-0.25, -0.2) is 4.39 Å². The minimum atomic E-state index is -0.873. The molecule has 0 saturated heterocycles. The molecule has 0 aliphatic rings. The van der Waals surface area contributed by atoms with Gasteiger partial charge in [0.25, 0.3) is 5.89 Å². The fraction of sp³-hybridized carbons (Fsp3) is 0.263. The van der Waals surface area contributed by atoms with Crippen molar-refractivity contribution in [1.82, 2.24) is 10.1 Å². The van der Waals surface area contributed by atoms with Crippen LogP contribution in [0.1, 0.15) is 47.4 Å². The van der Waals surface area contributed by atoms with E-state index in [-0.39, 0.29) is 17.6 Å². The van der Waals surface area contributed by atoms with Gasteiger partial charge in [0.05, 0.1) is 0 Å². The van der Waals surface area contributed by atoms with Crippen molar-refractivity contribution in [2.24, 2.45) is 0 Å². The van der Waals surface area contributed by atoms with Gasteiger partial charge in [-0.2, -0.15) is 4.98 Å². The predicted octanol–water partition coefficient (Wildman–Crippen LogP) is 3.95. The molecule has 0 spiro atoms. The maximum Gasteiger partial charge on any atom is 0.256 e. The van der Waals surface area contributed by atoms with Crippen molar-refractivity contribution in [2.45, 2.75) is 32.3 Å². The first-order chi connectivity index (χ1) is 11.5. The zero-order valence-corrected chi connectivity index (χ0v) is 13.6. The van der Waals surface area contributed by atoms with E-state index in [1.54, 1.807) is 12.1 Å². The summed E-state index contributed by atoms with van der Waals surface area (Å²) in [5.41, 5.74) is 3.05. The maximum atomic E-state index is 12.9. The second-order valence-corrected chi connectivity index (χ2v) is 6.00. The lowest BCUT2D eigenvalue weighted by atomic mass is 9.94. The largest absolute Gasteiger partial charge is 0.383 e. The minimum absolute atomic E-state index is 0.162. The summed E-state index contributed by atoms with van der Waals surface area (Å²) in [4.78, 5) is 4.27. The number of hydrogen-bond donors (Lipinski definition) is 1. The molecule has 5 heteroatoms. The van der Waals surface area contributed by atoms with Gasteiger partial charge in [0.1, 0.15) is 11.9 Å². The number of nitrogens with zero attached hydrogens (tertiary/aromatic N) is 2. The van der Waals surface area contributed by atoms with Crippen LogP contribution in [0.3, 0.4) is 0 Å². The van der Waals surface area contributed by atoms with E-state index in [1.165, 1.54) is 17.7 Å². The molecule has 3 rings (SSSR count). The van der Waals surface area contributed by atoms with Gasteiger partial charge in [0.2, 0.25) is 0 Å². The highest BCUT2D eigenvalue weighted by Gasteiger charge is 2.24. The second-order valence-electron chi connectivity index (χ2n) is 6.00. The average molecular weight is 326 g/mol. The lowest BCUT2D eigenvalue weighted by molar-refractivity contribution is 0.111. The summed E-state index contributed by atoms with van der Waals surface area (Å²) in [6.45, 7) is 3.93. The Bertz CT molecular complexity index is 797. The second kappa shape index (κ2) is 6.93. The lowest BCUT2D eigenvalue weighted by Crippen LogP contribution is -2.08. The molecule has 0 bridgehead atoms. The first-order valence-electron chi connectivity index (χ1n) is 7.84. The highest BCUT2D eigenvalue weighted by atomic mass is 19.1. The van der Waals surface area contributed by atoms with Crippen LogP contribution in [-0.4, -0.2) is 15.2 Å². The molecule has 2 atom stereocenters. The summed E-state index contributed by atoms with van der Waals surface area (Å²) in [7, 11) is 0. The molecule has 0 aliphatic heterocycles. The molecule has 2 aromatic carbocycles. The Morgan fingerprint density at radius 1 is 1.08 bits per heavy atom. The summed E-state index contributed by atoms with van der Waals surface area (Å²) < 4.78 is 18.1. The van der Waals surface area contributed by atoms with Crippen molar-refractivity contribution in [1.29, 1.82) is 0 Å². The Hall–Kier alpha value is -2.53. The van der Waals surface area contributed by atoms with Crippen LogP contribution in [0.2, 0.25) is 0 Å². The van der Waals surface area contributed by atoms with Crippen LogP contribution in [0.5, 0.6) is 0 Å². The van der Waals surface area contributed by atoms with Crippen LogP contribution < -0.4 is 0 Å². The van der Waals surface area contributed by atoms with Crippen LogP contribution in [0, 0.1) is 12.7 Å². The summed E-state index contributed by atoms with van der Waals surface area (Å²) >= 11 is 0. The normalized spacial score (nSPS) is 13.7. The van der Waals surface area contributed by atoms with Gasteiger partial charge < -0.3 is 9.63 Å². The summed E-state index contributed by atoms with van der Waals surface area (Å²) in [6, 6.07) is 14.1. The monoisotopic (exact) mass is 326 g/mol. The Morgan fingerprint density at radius 2 is 1.75 bits per heavy atom. The first kappa shape index (κ1) is 16.3. The molecule has 24 heavy (non-hydrogen) atoms. The summed E-state index contributed by atoms with van der Waals surface area (Å²) in [6.07, 6.45) is -0.447. The third-order valence-corrected chi connectivity index (χ3v) is 4.09. The lowest BCUT2D eigenvalue weighted by Gasteiger charge is -2.15. The molecule has 0 fully saturated rings. The molecule has 1 heterocycles. The first-order valence-corrected chi connectivity index (χ1v) is 7.84. The molecular formula is C19H19FN2O2. The molecule has 124 valence electrons. The fourth-order valence-electron chi connectivity index (χ4n) is 2.51. The van der Waals surface area contributed by atoms with Gasteiger partial charge in [-0.15, -0.1) is 0 Å². The van der Waals surface area contributed by atoms with Gasteiger partial charge >= 0.3 is 0 Å². The highest BCUT2D eigenvalue weighted by Crippen LogP contribution is 2.29. The Kier molecular flexibility index (Phi) is 4.71. The zero-order valence-electron chi connectivity index (χ0n) is 13.6. The number of aliphatic hydroxyl groups excluding tert-OH is 1. The minimum Gasteiger partial charge on any atom is -0.383 e. The van der Waals surface area contributed by atoms with E-state index in [1.807, 2.05) is 38.1 Å². The van der Waals surface area contributed by atoms with Crippen molar-refractivity contribution in [2.75, 3.05) is 0 Å². The van der Waals surface area contributed by atoms with E-state index in [0.29, 0.717) is 12.2 Å². The van der Waals surface area contributed by atoms with Gasteiger partial charge in [-0.05, 0) is 30.2 Å². The van der Waals surface area contributed by atoms with Crippen LogP contribution in [0.15, 0.2) is 53.1 Å². The molecule has 3 aromatic rings. The van der Waals surface area contributed by atoms with E-state index >= 15 is 0 Å². The molecule has 1 aromatic heterocycles. The van der Waals surface area contributed by atoms with Crippen molar-refractivity contribution in [3.05, 3.63) is 82.8 Å². The van der Waals surface area contributed by atoms with Gasteiger partial charge in [-0.1, -0.05) is 54.0 Å². The highest BCUT2D eigenvalue weighted by molar-refractivity contribution is 5.25. The van der Waals surface area contributed by atoms with Crippen molar-refractivity contribution < 1.29 is 14.0 Å². The third-order valence-electron chi connectivity index (χ3n) is 4.09. The van der Waals surface area contributed by atoms with Crippen molar-refractivity contribution in [3.8, 4) is 0 Å². The van der Waals surface area contributed by atoms with E-state index < -0.39 is 6.10 Å². The summed E-state index contributed by atoms with van der Waals surface area (Å²) in [5.74, 6) is 0.214. The standard InChI is InChI=1S/C19H19FN2O2/c1-12-3-7-15(8-4-12)13(2)18(23)19-21-17(22-24-19)11-14-5-9-16(20)10-6-14/h3-10,13,18,23H,11H2,1-2H3. The van der Waals surface area contributed by atoms with Crippen LogP contribution >= 0.6 is 0 Å². The number of benzene rings is 2. The topological polar surface area (TPSA) is 59.2 Å². The number of halogens is 1. The number of hydrogen-bond acceptors (Lipinski definition) is 4. The van der Waals surface area contributed by atoms with Crippen molar-refractivity contribution >= 4 is 0 Å². The molecular weight excluding hydrogens is 307 g/mol. The van der Waals surface area contributed by atoms with E-state index in [9.17, 15) is 9.50 Å². The molecule has 0 radical (unpaired) electrons. The van der Waals surface area contributed by atoms with Gasteiger partial charge in [0, 0.05) is 12.3 Å². The number of aromatic nitrogens is 2. The van der Waals surface area contributed by atoms with E-state index in [4.69, 9.17) is 4.52 Å². The van der Waals surface area contributed by atoms with Gasteiger partial charge in [0.15, 0.2) is 5.82 Å². The smallest absolute Gasteiger partial charge is 0.256 e. The molecule has 0 amide bonds. The summed E-state index contributed by atoms with van der Waals surface area (Å²) in [5, 5.41) is 14.4. The maximum absolute atomic E-state index is 12.9. The van der Waals surface area contributed by atoms with Crippen LogP contribution in [-0.2, 0) is 6.42 Å². The zero-order chi connectivity index (χ0) is 17.1. The molecule has 0 aliphatic carbocycles. The Balaban J connectivity index is 1.72. The quantitative estimate of drug-likeness (QED) is 0.771. The molecule has 4 nitrogen and oxygen atoms in total.